The Morgan fingerprint density at radius 2 is 2.33 bits per heavy atom. The van der Waals surface area contributed by atoms with Gasteiger partial charge in [-0.2, -0.15) is 0 Å². The van der Waals surface area contributed by atoms with E-state index in [1.54, 1.807) is 0 Å². The summed E-state index contributed by atoms with van der Waals surface area (Å²) in [6, 6.07) is -0.389. The smallest absolute Gasteiger partial charge is 0.195 e. The fourth-order valence-corrected chi connectivity index (χ4v) is 5.61. The predicted molar refractivity (Wildman–Crippen MR) is 82.6 cm³/mol. The van der Waals surface area contributed by atoms with Crippen LogP contribution in [0.1, 0.15) is 12.6 Å². The van der Waals surface area contributed by atoms with Crippen LogP contribution in [-0.4, -0.2) is 58.0 Å². The second-order valence-corrected chi connectivity index (χ2v) is 8.56. The lowest BCUT2D eigenvalue weighted by Gasteiger charge is -2.28. The summed E-state index contributed by atoms with van der Waals surface area (Å²) in [5.41, 5.74) is 0.825. The van der Waals surface area contributed by atoms with Gasteiger partial charge in [-0.3, -0.25) is 9.30 Å². The van der Waals surface area contributed by atoms with E-state index in [2.05, 4.69) is 4.98 Å². The van der Waals surface area contributed by atoms with Crippen molar-refractivity contribution in [2.45, 2.75) is 25.6 Å². The summed E-state index contributed by atoms with van der Waals surface area (Å²) in [5.74, 6) is -0.173. The minimum atomic E-state index is -3.17. The molecule has 3 rings (SSSR count). The summed E-state index contributed by atoms with van der Waals surface area (Å²) >= 11 is 7.67. The van der Waals surface area contributed by atoms with E-state index >= 15 is 0 Å². The monoisotopic (exact) mass is 349 g/mol. The molecule has 1 aliphatic rings. The third-order valence-electron chi connectivity index (χ3n) is 3.83. The lowest BCUT2D eigenvalue weighted by molar-refractivity contribution is 0.0809. The van der Waals surface area contributed by atoms with Crippen molar-refractivity contribution in [3.8, 4) is 0 Å². The molecule has 0 unspecified atom stereocenters. The molecule has 0 spiro atoms. The highest BCUT2D eigenvalue weighted by Gasteiger charge is 2.39. The van der Waals surface area contributed by atoms with Crippen molar-refractivity contribution in [1.29, 1.82) is 0 Å². The number of aliphatic hydroxyl groups is 1. The number of halogens is 1. The maximum absolute atomic E-state index is 11.7. The summed E-state index contributed by atoms with van der Waals surface area (Å²) in [6.07, 6.45) is 1.05. The number of fused-ring (bicyclic) bond motifs is 1. The molecule has 3 heterocycles. The van der Waals surface area contributed by atoms with Crippen LogP contribution in [0.4, 0.5) is 0 Å². The molecule has 1 saturated heterocycles. The van der Waals surface area contributed by atoms with E-state index < -0.39 is 15.9 Å². The van der Waals surface area contributed by atoms with Crippen molar-refractivity contribution >= 4 is 37.7 Å². The Morgan fingerprint density at radius 3 is 2.95 bits per heavy atom. The first-order valence-electron chi connectivity index (χ1n) is 6.63. The summed E-state index contributed by atoms with van der Waals surface area (Å²) < 4.78 is 25.3. The second-order valence-electron chi connectivity index (χ2n) is 5.18. The maximum Gasteiger partial charge on any atom is 0.195 e. The highest BCUT2D eigenvalue weighted by Crippen LogP contribution is 2.25. The SMILES string of the molecule is CCN(Cc1c(Cl)nc2sccn12)[C@H]1CS(=O)(=O)C[C@@H]1O. The molecule has 6 nitrogen and oxygen atoms in total. The predicted octanol–water partition coefficient (Wildman–Crippen LogP) is 1.03. The fraction of sp³-hybridized carbons (Fsp3) is 0.583. The van der Waals surface area contributed by atoms with Gasteiger partial charge in [-0.05, 0) is 6.54 Å². The van der Waals surface area contributed by atoms with Gasteiger partial charge in [0.15, 0.2) is 20.0 Å². The average molecular weight is 350 g/mol. The fourth-order valence-electron chi connectivity index (χ4n) is 2.76. The summed E-state index contributed by atoms with van der Waals surface area (Å²) in [7, 11) is -3.17. The molecule has 0 aromatic carbocycles. The molecule has 1 aliphatic heterocycles. The number of aliphatic hydroxyl groups excluding tert-OH is 1. The van der Waals surface area contributed by atoms with Crippen LogP contribution >= 0.6 is 22.9 Å². The topological polar surface area (TPSA) is 74.9 Å². The van der Waals surface area contributed by atoms with Crippen LogP contribution < -0.4 is 0 Å². The number of thiazole rings is 1. The number of likely N-dealkylation sites (N-methyl/N-ethyl adjacent to an activating group) is 1. The zero-order valence-electron chi connectivity index (χ0n) is 11.4. The Kier molecular flexibility index (Phi) is 4.00. The van der Waals surface area contributed by atoms with Gasteiger partial charge in [-0.25, -0.2) is 13.4 Å². The Labute approximate surface area is 131 Å². The largest absolute Gasteiger partial charge is 0.390 e. The molecule has 116 valence electrons. The average Bonchev–Trinajstić information content (AvgIpc) is 3.02. The lowest BCUT2D eigenvalue weighted by Crippen LogP contribution is -2.42. The van der Waals surface area contributed by atoms with Crippen LogP contribution in [-0.2, 0) is 16.4 Å². The van der Waals surface area contributed by atoms with E-state index in [1.165, 1.54) is 11.3 Å². The van der Waals surface area contributed by atoms with Crippen LogP contribution in [0.2, 0.25) is 5.15 Å². The third-order valence-corrected chi connectivity index (χ3v) is 6.59. The van der Waals surface area contributed by atoms with Crippen molar-refractivity contribution < 1.29 is 13.5 Å². The minimum Gasteiger partial charge on any atom is -0.390 e. The highest BCUT2D eigenvalue weighted by molar-refractivity contribution is 7.91. The highest BCUT2D eigenvalue weighted by atomic mass is 35.5. The van der Waals surface area contributed by atoms with Gasteiger partial charge in [0.2, 0.25) is 0 Å². The minimum absolute atomic E-state index is 0.00872. The Bertz CT molecular complexity index is 755. The van der Waals surface area contributed by atoms with Crippen molar-refractivity contribution in [3.63, 3.8) is 0 Å². The second kappa shape index (κ2) is 5.51. The third kappa shape index (κ3) is 2.83. The van der Waals surface area contributed by atoms with Gasteiger partial charge in [0.25, 0.3) is 0 Å². The number of hydrogen-bond acceptors (Lipinski definition) is 6. The summed E-state index contributed by atoms with van der Waals surface area (Å²) in [6.45, 7) is 3.03. The number of rotatable bonds is 4. The Morgan fingerprint density at radius 1 is 1.57 bits per heavy atom. The molecule has 21 heavy (non-hydrogen) atoms. The molecular weight excluding hydrogens is 334 g/mol. The molecule has 9 heteroatoms. The maximum atomic E-state index is 11.7. The zero-order chi connectivity index (χ0) is 15.2. The van der Waals surface area contributed by atoms with Crippen molar-refractivity contribution in [1.82, 2.24) is 14.3 Å². The van der Waals surface area contributed by atoms with E-state index in [0.29, 0.717) is 18.2 Å². The van der Waals surface area contributed by atoms with Crippen molar-refractivity contribution in [2.75, 3.05) is 18.1 Å². The number of nitrogens with zero attached hydrogens (tertiary/aromatic N) is 3. The van der Waals surface area contributed by atoms with Crippen LogP contribution in [0.15, 0.2) is 11.6 Å². The summed E-state index contributed by atoms with van der Waals surface area (Å²) in [5, 5.41) is 12.4. The molecule has 0 amide bonds. The van der Waals surface area contributed by atoms with Gasteiger partial charge in [-0.1, -0.05) is 18.5 Å². The van der Waals surface area contributed by atoms with Gasteiger partial charge in [0, 0.05) is 18.1 Å². The number of hydrogen-bond donors (Lipinski definition) is 1. The van der Waals surface area contributed by atoms with Gasteiger partial charge in [-0.15, -0.1) is 11.3 Å². The van der Waals surface area contributed by atoms with Crippen LogP contribution in [0, 0.1) is 0 Å². The van der Waals surface area contributed by atoms with Gasteiger partial charge < -0.3 is 5.11 Å². The number of sulfone groups is 1. The molecule has 0 radical (unpaired) electrons. The summed E-state index contributed by atoms with van der Waals surface area (Å²) in [4.78, 5) is 7.03. The normalized spacial score (nSPS) is 25.1. The van der Waals surface area contributed by atoms with E-state index in [9.17, 15) is 13.5 Å². The molecule has 0 saturated carbocycles. The standard InChI is InChI=1S/C12H16ClN3O3S2/c1-2-15(9-6-21(18,19)7-10(9)17)5-8-11(13)14-12-16(8)3-4-20-12/h3-4,9-10,17H,2,5-7H2,1H3/t9-,10-/m0/s1. The van der Waals surface area contributed by atoms with Crippen molar-refractivity contribution in [3.05, 3.63) is 22.4 Å². The zero-order valence-corrected chi connectivity index (χ0v) is 13.8. The van der Waals surface area contributed by atoms with Gasteiger partial charge >= 0.3 is 0 Å². The molecule has 2 aromatic rings. The van der Waals surface area contributed by atoms with Gasteiger partial charge in [0.1, 0.15) is 0 Å². The Balaban J connectivity index is 1.88. The first kappa shape index (κ1) is 15.2. The number of imidazole rings is 1. The van der Waals surface area contributed by atoms with Gasteiger partial charge in [0.05, 0.1) is 29.3 Å². The first-order valence-corrected chi connectivity index (χ1v) is 9.71. The van der Waals surface area contributed by atoms with E-state index in [1.807, 2.05) is 27.8 Å². The molecule has 1 fully saturated rings. The molecular formula is C12H16ClN3O3S2. The number of aromatic nitrogens is 2. The molecule has 0 bridgehead atoms. The molecule has 2 aromatic heterocycles. The lowest BCUT2D eigenvalue weighted by atomic mass is 10.1. The van der Waals surface area contributed by atoms with E-state index in [4.69, 9.17) is 11.6 Å². The van der Waals surface area contributed by atoms with Crippen molar-refractivity contribution in [2.24, 2.45) is 0 Å². The Hall–Kier alpha value is -0.670. The van der Waals surface area contributed by atoms with E-state index in [0.717, 1.165) is 10.7 Å². The van der Waals surface area contributed by atoms with E-state index in [-0.39, 0.29) is 17.5 Å². The van der Waals surface area contributed by atoms with Crippen LogP contribution in [0.3, 0.4) is 0 Å². The molecule has 2 atom stereocenters. The molecule has 1 N–H and O–H groups in total. The quantitative estimate of drug-likeness (QED) is 0.892. The first-order chi connectivity index (χ1) is 9.91. The van der Waals surface area contributed by atoms with Crippen LogP contribution in [0.5, 0.6) is 0 Å². The molecule has 0 aliphatic carbocycles. The van der Waals surface area contributed by atoms with Crippen LogP contribution in [0.25, 0.3) is 4.96 Å².